The molecule has 16 heavy (non-hydrogen) atoms. The van der Waals surface area contributed by atoms with E-state index in [1.165, 1.54) is 56.9 Å². The van der Waals surface area contributed by atoms with Crippen LogP contribution in [-0.2, 0) is 4.79 Å². The fourth-order valence-electron chi connectivity index (χ4n) is 3.09. The monoisotopic (exact) mass is 220 g/mol. The van der Waals surface area contributed by atoms with Crippen LogP contribution in [0.5, 0.6) is 0 Å². The third-order valence-corrected chi connectivity index (χ3v) is 4.10. The molecule has 0 aliphatic heterocycles. The molecule has 2 aliphatic rings. The normalized spacial score (nSPS) is 32.1. The Balaban J connectivity index is 1.96. The molecule has 90 valence electrons. The van der Waals surface area contributed by atoms with Crippen molar-refractivity contribution in [2.24, 2.45) is 5.92 Å². The van der Waals surface area contributed by atoms with Gasteiger partial charge in [0.2, 0.25) is 0 Å². The second-order valence-corrected chi connectivity index (χ2v) is 5.37. The maximum Gasteiger partial charge on any atom is 0.158 e. The maximum absolute atomic E-state index is 11.8. The molecule has 1 nitrogen and oxygen atoms in total. The van der Waals surface area contributed by atoms with Gasteiger partial charge in [-0.2, -0.15) is 0 Å². The van der Waals surface area contributed by atoms with Crippen LogP contribution in [-0.4, -0.2) is 5.78 Å². The standard InChI is InChI=1S/C15H24O/c16-15-12-11-13-9-7-5-3-1-2-4-6-8-10-14(13)15/h10,13H,1-9,11-12H2/b14-10-. The SMILES string of the molecule is O=C1CCC2CCCCCCCCC/C=C\12. The van der Waals surface area contributed by atoms with Gasteiger partial charge in [0, 0.05) is 6.42 Å². The average Bonchev–Trinajstić information content (AvgIpc) is 2.60. The minimum absolute atomic E-state index is 0.446. The molecule has 0 heterocycles. The molecule has 0 saturated heterocycles. The summed E-state index contributed by atoms with van der Waals surface area (Å²) in [5, 5.41) is 0. The molecule has 0 aromatic rings. The summed E-state index contributed by atoms with van der Waals surface area (Å²) in [5.74, 6) is 1.06. The van der Waals surface area contributed by atoms with Crippen LogP contribution in [0, 0.1) is 5.92 Å². The van der Waals surface area contributed by atoms with Crippen molar-refractivity contribution in [3.8, 4) is 0 Å². The topological polar surface area (TPSA) is 17.1 Å². The van der Waals surface area contributed by atoms with Crippen LogP contribution in [0.25, 0.3) is 0 Å². The van der Waals surface area contributed by atoms with Crippen LogP contribution in [0.1, 0.15) is 70.6 Å². The number of rotatable bonds is 0. The number of carbonyl (C=O) groups excluding carboxylic acids is 1. The van der Waals surface area contributed by atoms with Gasteiger partial charge in [0.05, 0.1) is 0 Å². The highest BCUT2D eigenvalue weighted by molar-refractivity contribution is 5.97. The van der Waals surface area contributed by atoms with Gasteiger partial charge in [0.15, 0.2) is 5.78 Å². The fourth-order valence-corrected chi connectivity index (χ4v) is 3.09. The zero-order valence-electron chi connectivity index (χ0n) is 10.3. The molecule has 0 spiro atoms. The van der Waals surface area contributed by atoms with Gasteiger partial charge in [0.25, 0.3) is 0 Å². The average molecular weight is 220 g/mol. The molecule has 1 heteroatoms. The zero-order chi connectivity index (χ0) is 11.2. The molecular formula is C15H24O. The third-order valence-electron chi connectivity index (χ3n) is 4.10. The van der Waals surface area contributed by atoms with Gasteiger partial charge in [-0.15, -0.1) is 0 Å². The zero-order valence-corrected chi connectivity index (χ0v) is 10.3. The lowest BCUT2D eigenvalue weighted by Crippen LogP contribution is -2.02. The molecule has 1 unspecified atom stereocenters. The van der Waals surface area contributed by atoms with Crippen molar-refractivity contribution < 1.29 is 4.79 Å². The Labute approximate surface area is 99.3 Å². The number of Topliss-reactive ketones (excluding diaryl/α,β-unsaturated/α-hetero) is 1. The molecule has 0 radical (unpaired) electrons. The van der Waals surface area contributed by atoms with Crippen LogP contribution < -0.4 is 0 Å². The maximum atomic E-state index is 11.8. The van der Waals surface area contributed by atoms with Crippen molar-refractivity contribution in [2.45, 2.75) is 70.6 Å². The Bertz CT molecular complexity index is 265. The fraction of sp³-hybridized carbons (Fsp3) is 0.800. The van der Waals surface area contributed by atoms with Crippen LogP contribution >= 0.6 is 0 Å². The summed E-state index contributed by atoms with van der Waals surface area (Å²) in [6.45, 7) is 0. The van der Waals surface area contributed by atoms with E-state index in [1.807, 2.05) is 0 Å². The molecule has 2 rings (SSSR count). The van der Waals surface area contributed by atoms with E-state index in [9.17, 15) is 4.79 Å². The number of hydrogen-bond acceptors (Lipinski definition) is 1. The van der Waals surface area contributed by atoms with Crippen molar-refractivity contribution in [1.82, 2.24) is 0 Å². The second-order valence-electron chi connectivity index (χ2n) is 5.37. The van der Waals surface area contributed by atoms with Gasteiger partial charge in [-0.25, -0.2) is 0 Å². The van der Waals surface area contributed by atoms with E-state index in [4.69, 9.17) is 0 Å². The lowest BCUT2D eigenvalue weighted by atomic mass is 9.93. The van der Waals surface area contributed by atoms with Crippen LogP contribution in [0.4, 0.5) is 0 Å². The Morgan fingerprint density at radius 1 is 0.875 bits per heavy atom. The molecule has 0 amide bonds. The molecule has 0 aromatic carbocycles. The molecule has 1 fully saturated rings. The Morgan fingerprint density at radius 2 is 1.56 bits per heavy atom. The molecular weight excluding hydrogens is 196 g/mol. The first-order chi connectivity index (χ1) is 7.88. The smallest absolute Gasteiger partial charge is 0.158 e. The number of ketones is 1. The molecule has 2 aliphatic carbocycles. The first kappa shape index (κ1) is 11.9. The quantitative estimate of drug-likeness (QED) is 0.590. The van der Waals surface area contributed by atoms with Crippen molar-refractivity contribution in [2.75, 3.05) is 0 Å². The molecule has 1 atom stereocenters. The molecule has 1 saturated carbocycles. The van der Waals surface area contributed by atoms with E-state index >= 15 is 0 Å². The minimum atomic E-state index is 0.446. The van der Waals surface area contributed by atoms with Gasteiger partial charge in [-0.05, 0) is 37.2 Å². The van der Waals surface area contributed by atoms with Crippen LogP contribution in [0.3, 0.4) is 0 Å². The predicted molar refractivity (Wildman–Crippen MR) is 67.4 cm³/mol. The summed E-state index contributed by atoms with van der Waals surface area (Å²) in [7, 11) is 0. The second kappa shape index (κ2) is 6.22. The van der Waals surface area contributed by atoms with E-state index in [2.05, 4.69) is 6.08 Å². The summed E-state index contributed by atoms with van der Waals surface area (Å²) < 4.78 is 0. The highest BCUT2D eigenvalue weighted by Gasteiger charge is 2.27. The largest absolute Gasteiger partial charge is 0.295 e. The molecule has 0 N–H and O–H groups in total. The summed E-state index contributed by atoms with van der Waals surface area (Å²) in [6, 6.07) is 0. The van der Waals surface area contributed by atoms with Crippen molar-refractivity contribution in [3.63, 3.8) is 0 Å². The van der Waals surface area contributed by atoms with Crippen LogP contribution in [0.2, 0.25) is 0 Å². The van der Waals surface area contributed by atoms with Gasteiger partial charge in [0.1, 0.15) is 0 Å². The summed E-state index contributed by atoms with van der Waals surface area (Å²) in [5.41, 5.74) is 1.19. The predicted octanol–water partition coefficient (Wildman–Crippen LogP) is 4.42. The third kappa shape index (κ3) is 3.20. The first-order valence-electron chi connectivity index (χ1n) is 7.11. The Morgan fingerprint density at radius 3 is 2.38 bits per heavy atom. The summed E-state index contributed by atoms with van der Waals surface area (Å²) in [6.07, 6.45) is 16.2. The summed E-state index contributed by atoms with van der Waals surface area (Å²) in [4.78, 5) is 11.8. The Hall–Kier alpha value is -0.590. The Kier molecular flexibility index (Phi) is 4.62. The number of hydrogen-bond donors (Lipinski definition) is 0. The minimum Gasteiger partial charge on any atom is -0.295 e. The molecule has 0 bridgehead atoms. The number of fused-ring (bicyclic) bond motifs is 1. The van der Waals surface area contributed by atoms with E-state index < -0.39 is 0 Å². The lowest BCUT2D eigenvalue weighted by molar-refractivity contribution is -0.114. The number of allylic oxidation sites excluding steroid dienone is 2. The van der Waals surface area contributed by atoms with Gasteiger partial charge in [-0.1, -0.05) is 44.6 Å². The number of carbonyl (C=O) groups is 1. The van der Waals surface area contributed by atoms with E-state index in [0.717, 1.165) is 19.3 Å². The van der Waals surface area contributed by atoms with E-state index in [1.54, 1.807) is 0 Å². The highest BCUT2D eigenvalue weighted by atomic mass is 16.1. The van der Waals surface area contributed by atoms with E-state index in [-0.39, 0.29) is 0 Å². The van der Waals surface area contributed by atoms with Gasteiger partial charge >= 0.3 is 0 Å². The van der Waals surface area contributed by atoms with Crippen LogP contribution in [0.15, 0.2) is 11.6 Å². The molecule has 0 aromatic heterocycles. The van der Waals surface area contributed by atoms with Crippen molar-refractivity contribution >= 4 is 5.78 Å². The first-order valence-corrected chi connectivity index (χ1v) is 7.11. The lowest BCUT2D eigenvalue weighted by Gasteiger charge is -2.12. The van der Waals surface area contributed by atoms with Crippen molar-refractivity contribution in [3.05, 3.63) is 11.6 Å². The van der Waals surface area contributed by atoms with Gasteiger partial charge in [-0.3, -0.25) is 4.79 Å². The van der Waals surface area contributed by atoms with Crippen molar-refractivity contribution in [1.29, 1.82) is 0 Å². The van der Waals surface area contributed by atoms with E-state index in [0.29, 0.717) is 11.7 Å². The summed E-state index contributed by atoms with van der Waals surface area (Å²) >= 11 is 0. The van der Waals surface area contributed by atoms with Gasteiger partial charge < -0.3 is 0 Å². The highest BCUT2D eigenvalue weighted by Crippen LogP contribution is 2.33.